The second-order valence-electron chi connectivity index (χ2n) is 4.32. The molecule has 1 aliphatic heterocycles. The van der Waals surface area contributed by atoms with Crippen LogP contribution in [-0.4, -0.2) is 31.3 Å². The van der Waals surface area contributed by atoms with Gasteiger partial charge in [-0.3, -0.25) is 0 Å². The Kier molecular flexibility index (Phi) is 6.31. The first kappa shape index (κ1) is 14.2. The highest BCUT2D eigenvalue weighted by Crippen LogP contribution is 2.33. The Bertz CT molecular complexity index is 320. The highest BCUT2D eigenvalue weighted by Gasteiger charge is 2.19. The Morgan fingerprint density at radius 1 is 1.11 bits per heavy atom. The van der Waals surface area contributed by atoms with Crippen molar-refractivity contribution in [3.05, 3.63) is 10.8 Å². The summed E-state index contributed by atoms with van der Waals surface area (Å²) in [4.78, 5) is 0. The molecule has 2 rings (SSSR count). The maximum Gasteiger partial charge on any atom is 0.172 e. The first-order chi connectivity index (χ1) is 8.90. The van der Waals surface area contributed by atoms with Gasteiger partial charge in [0.25, 0.3) is 0 Å². The minimum Gasteiger partial charge on any atom is -0.486 e. The second-order valence-corrected chi connectivity index (χ2v) is 5.85. The van der Waals surface area contributed by atoms with Crippen LogP contribution in [-0.2, 0) is 4.74 Å². The SMILES string of the molecule is BrCCCCCCOC1COc2cscc2OC1. The molecule has 0 bridgehead atoms. The van der Waals surface area contributed by atoms with E-state index in [1.807, 2.05) is 10.8 Å². The third-order valence-corrected chi connectivity index (χ3v) is 4.09. The number of halogens is 1. The first-order valence-corrected chi connectivity index (χ1v) is 8.46. The van der Waals surface area contributed by atoms with Crippen LogP contribution in [0.4, 0.5) is 0 Å². The molecule has 0 N–H and O–H groups in total. The third kappa shape index (κ3) is 4.44. The van der Waals surface area contributed by atoms with Crippen LogP contribution in [0.2, 0.25) is 0 Å². The highest BCUT2D eigenvalue weighted by atomic mass is 79.9. The van der Waals surface area contributed by atoms with Crippen molar-refractivity contribution in [1.82, 2.24) is 0 Å². The fraction of sp³-hybridized carbons (Fsp3) is 0.692. The normalized spacial score (nSPS) is 15.6. The Balaban J connectivity index is 1.59. The Morgan fingerprint density at radius 2 is 1.78 bits per heavy atom. The average Bonchev–Trinajstić information content (AvgIpc) is 2.75. The Labute approximate surface area is 121 Å². The summed E-state index contributed by atoms with van der Waals surface area (Å²) in [6.07, 6.45) is 4.91. The average molecular weight is 335 g/mol. The predicted octanol–water partition coefficient (Wildman–Crippen LogP) is 3.86. The standard InChI is InChI=1S/C13H19BrO3S/c14-5-3-1-2-4-6-15-11-7-16-12-9-18-10-13(12)17-8-11/h9-11H,1-8H2. The molecule has 3 nitrogen and oxygen atoms in total. The van der Waals surface area contributed by atoms with Gasteiger partial charge in [0.1, 0.15) is 19.3 Å². The molecule has 0 unspecified atom stereocenters. The quantitative estimate of drug-likeness (QED) is 0.559. The summed E-state index contributed by atoms with van der Waals surface area (Å²) >= 11 is 5.04. The maximum atomic E-state index is 5.79. The van der Waals surface area contributed by atoms with E-state index in [1.165, 1.54) is 19.3 Å². The van der Waals surface area contributed by atoms with Crippen molar-refractivity contribution >= 4 is 27.3 Å². The molecule has 0 saturated carbocycles. The molecule has 18 heavy (non-hydrogen) atoms. The zero-order valence-electron chi connectivity index (χ0n) is 10.4. The second kappa shape index (κ2) is 8.02. The molecule has 0 amide bonds. The van der Waals surface area contributed by atoms with Crippen LogP contribution < -0.4 is 9.47 Å². The number of unbranched alkanes of at least 4 members (excludes halogenated alkanes) is 3. The van der Waals surface area contributed by atoms with E-state index >= 15 is 0 Å². The molecule has 0 spiro atoms. The largest absolute Gasteiger partial charge is 0.486 e. The molecule has 1 aromatic heterocycles. The van der Waals surface area contributed by atoms with E-state index in [-0.39, 0.29) is 6.10 Å². The van der Waals surface area contributed by atoms with E-state index in [0.29, 0.717) is 13.2 Å². The van der Waals surface area contributed by atoms with E-state index in [2.05, 4.69) is 15.9 Å². The van der Waals surface area contributed by atoms with Gasteiger partial charge in [-0.05, 0) is 12.8 Å². The summed E-state index contributed by atoms with van der Waals surface area (Å²) in [5, 5.41) is 5.04. The molecule has 0 fully saturated rings. The van der Waals surface area contributed by atoms with Crippen LogP contribution in [0.25, 0.3) is 0 Å². The molecule has 0 aliphatic carbocycles. The Hall–Kier alpha value is -0.260. The lowest BCUT2D eigenvalue weighted by molar-refractivity contribution is 0.00110. The minimum atomic E-state index is 0.0542. The van der Waals surface area contributed by atoms with E-state index in [0.717, 1.165) is 29.9 Å². The Morgan fingerprint density at radius 3 is 2.44 bits per heavy atom. The fourth-order valence-corrected chi connectivity index (χ4v) is 2.87. The van der Waals surface area contributed by atoms with Gasteiger partial charge in [-0.25, -0.2) is 0 Å². The maximum absolute atomic E-state index is 5.79. The van der Waals surface area contributed by atoms with Crippen LogP contribution in [0.3, 0.4) is 0 Å². The summed E-state index contributed by atoms with van der Waals surface area (Å²) < 4.78 is 17.1. The number of ether oxygens (including phenoxy) is 3. The molecule has 2 heterocycles. The third-order valence-electron chi connectivity index (χ3n) is 2.82. The van der Waals surface area contributed by atoms with E-state index < -0.39 is 0 Å². The number of fused-ring (bicyclic) bond motifs is 1. The molecule has 0 atom stereocenters. The van der Waals surface area contributed by atoms with Crippen molar-refractivity contribution in [2.24, 2.45) is 0 Å². The van der Waals surface area contributed by atoms with Gasteiger partial charge in [-0.1, -0.05) is 28.8 Å². The molecule has 102 valence electrons. The van der Waals surface area contributed by atoms with Gasteiger partial charge in [-0.15, -0.1) is 11.3 Å². The molecule has 0 radical (unpaired) electrons. The molecule has 5 heteroatoms. The molecule has 0 aromatic carbocycles. The lowest BCUT2D eigenvalue weighted by atomic mass is 10.2. The lowest BCUT2D eigenvalue weighted by Crippen LogP contribution is -2.27. The highest BCUT2D eigenvalue weighted by molar-refractivity contribution is 9.09. The van der Waals surface area contributed by atoms with Gasteiger partial charge < -0.3 is 14.2 Å². The van der Waals surface area contributed by atoms with Gasteiger partial charge in [0.15, 0.2) is 11.5 Å². The molecule has 1 aromatic rings. The monoisotopic (exact) mass is 334 g/mol. The van der Waals surface area contributed by atoms with Gasteiger partial charge >= 0.3 is 0 Å². The molecule has 0 saturated heterocycles. The molecular weight excluding hydrogens is 316 g/mol. The van der Waals surface area contributed by atoms with E-state index in [9.17, 15) is 0 Å². The van der Waals surface area contributed by atoms with Crippen LogP contribution in [0, 0.1) is 0 Å². The zero-order valence-corrected chi connectivity index (χ0v) is 12.8. The smallest absolute Gasteiger partial charge is 0.172 e. The van der Waals surface area contributed by atoms with E-state index in [1.54, 1.807) is 11.3 Å². The zero-order chi connectivity index (χ0) is 12.6. The van der Waals surface area contributed by atoms with Gasteiger partial charge in [0.2, 0.25) is 0 Å². The lowest BCUT2D eigenvalue weighted by Gasteiger charge is -2.14. The topological polar surface area (TPSA) is 27.7 Å². The number of hydrogen-bond donors (Lipinski definition) is 0. The van der Waals surface area contributed by atoms with Crippen LogP contribution in [0.1, 0.15) is 25.7 Å². The van der Waals surface area contributed by atoms with Crippen molar-refractivity contribution in [1.29, 1.82) is 0 Å². The minimum absolute atomic E-state index is 0.0542. The van der Waals surface area contributed by atoms with Crippen molar-refractivity contribution in [3.63, 3.8) is 0 Å². The summed E-state index contributed by atoms with van der Waals surface area (Å²) in [6, 6.07) is 0. The number of hydrogen-bond acceptors (Lipinski definition) is 4. The van der Waals surface area contributed by atoms with E-state index in [4.69, 9.17) is 14.2 Å². The predicted molar refractivity (Wildman–Crippen MR) is 77.3 cm³/mol. The molecule has 1 aliphatic rings. The summed E-state index contributed by atoms with van der Waals surface area (Å²) in [5.74, 6) is 1.70. The summed E-state index contributed by atoms with van der Waals surface area (Å²) in [7, 11) is 0. The van der Waals surface area contributed by atoms with Crippen molar-refractivity contribution in [3.8, 4) is 11.5 Å². The summed E-state index contributed by atoms with van der Waals surface area (Å²) in [5.41, 5.74) is 0. The number of alkyl halides is 1. The number of rotatable bonds is 7. The fourth-order valence-electron chi connectivity index (χ4n) is 1.79. The van der Waals surface area contributed by atoms with Gasteiger partial charge in [-0.2, -0.15) is 0 Å². The van der Waals surface area contributed by atoms with Crippen molar-refractivity contribution in [2.45, 2.75) is 31.8 Å². The van der Waals surface area contributed by atoms with Crippen molar-refractivity contribution in [2.75, 3.05) is 25.2 Å². The van der Waals surface area contributed by atoms with Crippen LogP contribution >= 0.6 is 27.3 Å². The first-order valence-electron chi connectivity index (χ1n) is 6.39. The van der Waals surface area contributed by atoms with Crippen molar-refractivity contribution < 1.29 is 14.2 Å². The number of thiophene rings is 1. The van der Waals surface area contributed by atoms with Crippen LogP contribution in [0.5, 0.6) is 11.5 Å². The van der Waals surface area contributed by atoms with Gasteiger partial charge in [0.05, 0.1) is 0 Å². The van der Waals surface area contributed by atoms with Crippen LogP contribution in [0.15, 0.2) is 10.8 Å². The summed E-state index contributed by atoms with van der Waals surface area (Å²) in [6.45, 7) is 1.97. The van der Waals surface area contributed by atoms with Gasteiger partial charge in [0, 0.05) is 22.7 Å². The molecular formula is C13H19BrO3S.